The Morgan fingerprint density at radius 3 is 2.55 bits per heavy atom. The molecule has 0 spiro atoms. The summed E-state index contributed by atoms with van der Waals surface area (Å²) >= 11 is 1.50. The van der Waals surface area contributed by atoms with E-state index in [0.717, 1.165) is 28.8 Å². The lowest BCUT2D eigenvalue weighted by molar-refractivity contribution is 0.0955. The number of aromatic nitrogens is 2. The van der Waals surface area contributed by atoms with Gasteiger partial charge in [-0.05, 0) is 57.0 Å². The van der Waals surface area contributed by atoms with E-state index < -0.39 is 0 Å². The van der Waals surface area contributed by atoms with Crippen molar-refractivity contribution in [3.8, 4) is 0 Å². The number of carbonyl (C=O) groups is 2. The molecule has 2 N–H and O–H groups in total. The largest absolute Gasteiger partial charge is 0.352 e. The van der Waals surface area contributed by atoms with Gasteiger partial charge in [0, 0.05) is 23.2 Å². The Labute approximate surface area is 174 Å². The molecule has 7 heteroatoms. The van der Waals surface area contributed by atoms with Crippen molar-refractivity contribution in [3.63, 3.8) is 0 Å². The summed E-state index contributed by atoms with van der Waals surface area (Å²) in [6, 6.07) is 9.33. The highest BCUT2D eigenvalue weighted by Gasteiger charge is 2.22. The van der Waals surface area contributed by atoms with E-state index in [2.05, 4.69) is 15.3 Å². The van der Waals surface area contributed by atoms with Gasteiger partial charge in [-0.25, -0.2) is 0 Å². The summed E-state index contributed by atoms with van der Waals surface area (Å²) in [7, 11) is 0. The normalized spacial score (nSPS) is 14.8. The number of nitrogens with zero attached hydrogens (tertiary/aromatic N) is 2. The lowest BCUT2D eigenvalue weighted by atomic mass is 9.96. The van der Waals surface area contributed by atoms with Gasteiger partial charge in [-0.1, -0.05) is 19.3 Å². The van der Waals surface area contributed by atoms with Crippen LogP contribution in [0.2, 0.25) is 0 Å². The van der Waals surface area contributed by atoms with Crippen LogP contribution in [0.5, 0.6) is 0 Å². The molecular weight excluding hydrogens is 384 g/mol. The molecule has 1 aliphatic carbocycles. The zero-order valence-electron chi connectivity index (χ0n) is 16.8. The molecule has 1 aliphatic rings. The minimum absolute atomic E-state index is 0.113. The molecule has 0 aliphatic heterocycles. The number of hydrogen-bond acceptors (Lipinski definition) is 4. The number of benzene rings is 1. The van der Waals surface area contributed by atoms with Gasteiger partial charge in [0.05, 0.1) is 16.6 Å². The number of thiophene rings is 1. The Morgan fingerprint density at radius 1 is 1.14 bits per heavy atom. The van der Waals surface area contributed by atoms with Crippen molar-refractivity contribution in [2.75, 3.05) is 11.9 Å². The maximum absolute atomic E-state index is 12.8. The molecule has 0 radical (unpaired) electrons. The second-order valence-corrected chi connectivity index (χ2v) is 8.57. The first-order valence-corrected chi connectivity index (χ1v) is 11.1. The van der Waals surface area contributed by atoms with Crippen molar-refractivity contribution in [3.05, 3.63) is 46.5 Å². The molecule has 2 aromatic heterocycles. The Kier molecular flexibility index (Phi) is 5.67. The molecule has 3 aromatic rings. The molecule has 29 heavy (non-hydrogen) atoms. The van der Waals surface area contributed by atoms with Gasteiger partial charge in [0.15, 0.2) is 0 Å². The fraction of sp³-hybridized carbons (Fsp3) is 0.409. The van der Waals surface area contributed by atoms with Gasteiger partial charge in [0.2, 0.25) is 0 Å². The molecule has 0 atom stereocenters. The first-order valence-electron chi connectivity index (χ1n) is 10.2. The Hall–Kier alpha value is -2.67. The minimum Gasteiger partial charge on any atom is -0.352 e. The molecule has 152 valence electrons. The van der Waals surface area contributed by atoms with Crippen molar-refractivity contribution in [2.24, 2.45) is 0 Å². The average Bonchev–Trinajstić information content (AvgIpc) is 3.30. The average molecular weight is 411 g/mol. The van der Waals surface area contributed by atoms with Gasteiger partial charge in [0.25, 0.3) is 11.8 Å². The highest BCUT2D eigenvalue weighted by molar-refractivity contribution is 7.20. The van der Waals surface area contributed by atoms with Crippen LogP contribution in [-0.2, 0) is 0 Å². The third kappa shape index (κ3) is 4.05. The number of aryl methyl sites for hydroxylation is 1. The topological polar surface area (TPSA) is 76.0 Å². The summed E-state index contributed by atoms with van der Waals surface area (Å²) in [5.41, 5.74) is 2.23. The van der Waals surface area contributed by atoms with Gasteiger partial charge in [0.1, 0.15) is 4.83 Å². The molecular formula is C22H26N4O2S. The van der Waals surface area contributed by atoms with E-state index >= 15 is 0 Å². The van der Waals surface area contributed by atoms with Crippen molar-refractivity contribution in [1.29, 1.82) is 0 Å². The molecule has 0 saturated heterocycles. The van der Waals surface area contributed by atoms with Crippen molar-refractivity contribution >= 4 is 39.1 Å². The van der Waals surface area contributed by atoms with E-state index in [9.17, 15) is 9.59 Å². The molecule has 4 rings (SSSR count). The Morgan fingerprint density at radius 2 is 1.86 bits per heavy atom. The van der Waals surface area contributed by atoms with Gasteiger partial charge < -0.3 is 10.6 Å². The number of hydrogen-bond donors (Lipinski definition) is 2. The van der Waals surface area contributed by atoms with E-state index in [4.69, 9.17) is 5.10 Å². The maximum Gasteiger partial charge on any atom is 0.265 e. The molecule has 2 amide bonds. The Bertz CT molecular complexity index is 1030. The van der Waals surface area contributed by atoms with Crippen LogP contribution in [0, 0.1) is 6.92 Å². The zero-order chi connectivity index (χ0) is 20.4. The summed E-state index contributed by atoms with van der Waals surface area (Å²) in [6.07, 6.45) is 6.12. The molecule has 6 nitrogen and oxygen atoms in total. The summed E-state index contributed by atoms with van der Waals surface area (Å²) in [6.45, 7) is 4.48. The third-order valence-corrected chi connectivity index (χ3v) is 6.58. The van der Waals surface area contributed by atoms with Crippen molar-refractivity contribution < 1.29 is 9.59 Å². The lowest BCUT2D eigenvalue weighted by Gasteiger charge is -2.22. The smallest absolute Gasteiger partial charge is 0.265 e. The van der Waals surface area contributed by atoms with Crippen LogP contribution >= 0.6 is 11.3 Å². The molecule has 1 aromatic carbocycles. The van der Waals surface area contributed by atoms with Crippen LogP contribution < -0.4 is 10.6 Å². The van der Waals surface area contributed by atoms with Crippen molar-refractivity contribution in [1.82, 2.24) is 15.1 Å². The van der Waals surface area contributed by atoms with E-state index in [-0.39, 0.29) is 11.8 Å². The van der Waals surface area contributed by atoms with E-state index in [1.165, 1.54) is 30.6 Å². The predicted octanol–water partition coefficient (Wildman–Crippen LogP) is 4.91. The van der Waals surface area contributed by atoms with E-state index in [1.807, 2.05) is 19.9 Å². The highest BCUT2D eigenvalue weighted by Crippen LogP contribution is 2.35. The third-order valence-electron chi connectivity index (χ3n) is 5.45. The number of amides is 2. The van der Waals surface area contributed by atoms with Crippen LogP contribution in [0.4, 0.5) is 5.69 Å². The fourth-order valence-corrected chi connectivity index (χ4v) is 5.05. The van der Waals surface area contributed by atoms with Crippen LogP contribution in [0.3, 0.4) is 0 Å². The highest BCUT2D eigenvalue weighted by atomic mass is 32.1. The second kappa shape index (κ2) is 8.37. The second-order valence-electron chi connectivity index (χ2n) is 7.54. The number of anilines is 1. The van der Waals surface area contributed by atoms with Crippen molar-refractivity contribution in [2.45, 2.75) is 52.0 Å². The van der Waals surface area contributed by atoms with Crippen LogP contribution in [0.1, 0.15) is 70.8 Å². The molecule has 0 unspecified atom stereocenters. The van der Waals surface area contributed by atoms with Crippen LogP contribution in [0.15, 0.2) is 30.3 Å². The maximum atomic E-state index is 12.8. The molecule has 2 heterocycles. The number of carbonyl (C=O) groups excluding carboxylic acids is 2. The van der Waals surface area contributed by atoms with Gasteiger partial charge >= 0.3 is 0 Å². The first kappa shape index (κ1) is 19.6. The van der Waals surface area contributed by atoms with E-state index in [0.29, 0.717) is 28.7 Å². The standard InChI is InChI=1S/C22H26N4O2S/c1-3-23-20(27)15-9-11-16(12-10-15)24-21(28)19-13-18-14(2)25-26(22(18)29-19)17-7-5-4-6-8-17/h9-13,17H,3-8H2,1-2H3,(H,23,27)(H,24,28). The van der Waals surface area contributed by atoms with Gasteiger partial charge in [-0.3, -0.25) is 14.3 Å². The quantitative estimate of drug-likeness (QED) is 0.627. The predicted molar refractivity (Wildman–Crippen MR) is 117 cm³/mol. The van der Waals surface area contributed by atoms with Crippen LogP contribution in [0.25, 0.3) is 10.2 Å². The summed E-state index contributed by atoms with van der Waals surface area (Å²) in [5, 5.41) is 11.5. The fourth-order valence-electron chi connectivity index (χ4n) is 3.92. The van der Waals surface area contributed by atoms with Gasteiger partial charge in [-0.15, -0.1) is 11.3 Å². The summed E-state index contributed by atoms with van der Waals surface area (Å²) < 4.78 is 2.15. The van der Waals surface area contributed by atoms with Crippen LogP contribution in [-0.4, -0.2) is 28.1 Å². The first-order chi connectivity index (χ1) is 14.1. The monoisotopic (exact) mass is 410 g/mol. The molecule has 0 bridgehead atoms. The Balaban J connectivity index is 1.52. The summed E-state index contributed by atoms with van der Waals surface area (Å²) in [4.78, 5) is 26.4. The van der Waals surface area contributed by atoms with Gasteiger partial charge in [-0.2, -0.15) is 5.10 Å². The zero-order valence-corrected chi connectivity index (χ0v) is 17.6. The van der Waals surface area contributed by atoms with E-state index in [1.54, 1.807) is 24.3 Å². The minimum atomic E-state index is -0.133. The number of rotatable bonds is 5. The number of fused-ring (bicyclic) bond motifs is 1. The SMILES string of the molecule is CCNC(=O)c1ccc(NC(=O)c2cc3c(C)nn(C4CCCCC4)c3s2)cc1. The number of nitrogens with one attached hydrogen (secondary N) is 2. The lowest BCUT2D eigenvalue weighted by Crippen LogP contribution is -2.22. The summed E-state index contributed by atoms with van der Waals surface area (Å²) in [5.74, 6) is -0.246. The molecule has 1 fully saturated rings. The molecule has 1 saturated carbocycles.